The molecule has 0 amide bonds. The van der Waals surface area contributed by atoms with Crippen LogP contribution in [0.15, 0.2) is 36.8 Å². The minimum atomic E-state index is -0.669. The molecule has 2 aromatic heterocycles. The number of aliphatic hydroxyl groups is 1. The second-order valence-electron chi connectivity index (χ2n) is 4.37. The molecule has 19 heavy (non-hydrogen) atoms. The third-order valence-corrected chi connectivity index (χ3v) is 2.94. The van der Waals surface area contributed by atoms with Gasteiger partial charge in [-0.25, -0.2) is 0 Å². The van der Waals surface area contributed by atoms with E-state index in [0.717, 1.165) is 22.3 Å². The van der Waals surface area contributed by atoms with Crippen molar-refractivity contribution in [3.8, 4) is 0 Å². The number of nitrogens with zero attached hydrogens (tertiary/aromatic N) is 5. The van der Waals surface area contributed by atoms with Crippen LogP contribution in [0.4, 0.5) is 0 Å². The number of fused-ring (bicyclic) bond motifs is 1. The molecule has 1 aromatic carbocycles. The molecule has 0 saturated heterocycles. The van der Waals surface area contributed by atoms with Crippen molar-refractivity contribution in [1.82, 2.24) is 25.0 Å². The van der Waals surface area contributed by atoms with Crippen molar-refractivity contribution in [1.29, 1.82) is 0 Å². The van der Waals surface area contributed by atoms with E-state index in [1.165, 1.54) is 0 Å². The molecular weight excluding hydrogens is 242 g/mol. The van der Waals surface area contributed by atoms with Gasteiger partial charge in [-0.05, 0) is 6.07 Å². The van der Waals surface area contributed by atoms with Gasteiger partial charge >= 0.3 is 0 Å². The van der Waals surface area contributed by atoms with E-state index < -0.39 is 6.10 Å². The third kappa shape index (κ3) is 2.30. The Labute approximate surface area is 109 Å². The number of aryl methyl sites for hydroxylation is 1. The molecule has 0 aliphatic rings. The van der Waals surface area contributed by atoms with E-state index in [4.69, 9.17) is 0 Å². The van der Waals surface area contributed by atoms with Crippen molar-refractivity contribution < 1.29 is 5.11 Å². The summed E-state index contributed by atoms with van der Waals surface area (Å²) in [6.07, 6.45) is 4.79. The Balaban J connectivity index is 1.95. The van der Waals surface area contributed by atoms with Crippen LogP contribution < -0.4 is 0 Å². The monoisotopic (exact) mass is 255 g/mol. The van der Waals surface area contributed by atoms with E-state index in [1.54, 1.807) is 30.3 Å². The van der Waals surface area contributed by atoms with Crippen molar-refractivity contribution >= 4 is 11.0 Å². The molecule has 0 bridgehead atoms. The van der Waals surface area contributed by atoms with Gasteiger partial charge < -0.3 is 5.11 Å². The van der Waals surface area contributed by atoms with Gasteiger partial charge in [0.25, 0.3) is 0 Å². The fourth-order valence-electron chi connectivity index (χ4n) is 2.08. The second kappa shape index (κ2) is 4.74. The Bertz CT molecular complexity index is 704. The molecule has 0 aliphatic heterocycles. The van der Waals surface area contributed by atoms with Gasteiger partial charge in [-0.15, -0.1) is 5.10 Å². The zero-order valence-corrected chi connectivity index (χ0v) is 10.4. The molecule has 0 aliphatic carbocycles. The molecule has 3 aromatic rings. The Morgan fingerprint density at radius 3 is 2.89 bits per heavy atom. The molecule has 0 radical (unpaired) electrons. The Morgan fingerprint density at radius 1 is 1.26 bits per heavy atom. The standard InChI is InChI=1S/C13H13N5O/c1-18-8-9(16-17-18)7-12(19)10-3-2-4-11-13(10)15-6-5-14-11/h2-6,8,12,19H,7H2,1H3. The lowest BCUT2D eigenvalue weighted by Gasteiger charge is -2.11. The quantitative estimate of drug-likeness (QED) is 0.756. The van der Waals surface area contributed by atoms with Crippen molar-refractivity contribution in [2.45, 2.75) is 12.5 Å². The average Bonchev–Trinajstić information content (AvgIpc) is 2.83. The predicted molar refractivity (Wildman–Crippen MR) is 69.2 cm³/mol. The van der Waals surface area contributed by atoms with Gasteiger partial charge in [0.05, 0.1) is 22.8 Å². The highest BCUT2D eigenvalue weighted by molar-refractivity contribution is 5.77. The normalized spacial score (nSPS) is 12.7. The van der Waals surface area contributed by atoms with Crippen LogP contribution in [-0.2, 0) is 13.5 Å². The maximum atomic E-state index is 10.3. The summed E-state index contributed by atoms with van der Waals surface area (Å²) in [5, 5.41) is 18.2. The maximum absolute atomic E-state index is 10.3. The molecule has 6 nitrogen and oxygen atoms in total. The molecule has 96 valence electrons. The van der Waals surface area contributed by atoms with Gasteiger partial charge in [-0.2, -0.15) is 0 Å². The lowest BCUT2D eigenvalue weighted by Crippen LogP contribution is -2.04. The van der Waals surface area contributed by atoms with Crippen molar-refractivity contribution in [2.24, 2.45) is 7.05 Å². The van der Waals surface area contributed by atoms with E-state index in [1.807, 2.05) is 18.2 Å². The van der Waals surface area contributed by atoms with E-state index in [0.29, 0.717) is 6.42 Å². The highest BCUT2D eigenvalue weighted by atomic mass is 16.3. The van der Waals surface area contributed by atoms with E-state index >= 15 is 0 Å². The van der Waals surface area contributed by atoms with E-state index in [-0.39, 0.29) is 0 Å². The number of benzene rings is 1. The van der Waals surface area contributed by atoms with Gasteiger partial charge in [-0.1, -0.05) is 17.3 Å². The van der Waals surface area contributed by atoms with E-state index in [2.05, 4.69) is 20.3 Å². The first-order chi connectivity index (χ1) is 9.24. The average molecular weight is 255 g/mol. The molecular formula is C13H13N5O. The fraction of sp³-hybridized carbons (Fsp3) is 0.231. The van der Waals surface area contributed by atoms with Crippen molar-refractivity contribution in [3.05, 3.63) is 48.0 Å². The number of rotatable bonds is 3. The summed E-state index contributed by atoms with van der Waals surface area (Å²) in [6, 6.07) is 5.60. The highest BCUT2D eigenvalue weighted by Crippen LogP contribution is 2.23. The van der Waals surface area contributed by atoms with Crippen LogP contribution in [0.1, 0.15) is 17.4 Å². The van der Waals surface area contributed by atoms with Gasteiger partial charge in [0.15, 0.2) is 0 Å². The topological polar surface area (TPSA) is 76.7 Å². The van der Waals surface area contributed by atoms with Crippen LogP contribution in [0.5, 0.6) is 0 Å². The number of hydrogen-bond donors (Lipinski definition) is 1. The smallest absolute Gasteiger partial charge is 0.0944 e. The minimum Gasteiger partial charge on any atom is -0.388 e. The molecule has 1 unspecified atom stereocenters. The minimum absolute atomic E-state index is 0.406. The lowest BCUT2D eigenvalue weighted by atomic mass is 10.0. The molecule has 1 N–H and O–H groups in total. The molecule has 2 heterocycles. The number of aliphatic hydroxyl groups excluding tert-OH is 1. The van der Waals surface area contributed by atoms with Gasteiger partial charge in [-0.3, -0.25) is 14.6 Å². The first kappa shape index (κ1) is 11.7. The Hall–Kier alpha value is -2.34. The van der Waals surface area contributed by atoms with Crippen molar-refractivity contribution in [2.75, 3.05) is 0 Å². The molecule has 6 heteroatoms. The summed E-state index contributed by atoms with van der Waals surface area (Å²) in [7, 11) is 1.80. The third-order valence-electron chi connectivity index (χ3n) is 2.94. The van der Waals surface area contributed by atoms with Gasteiger partial charge in [0.1, 0.15) is 0 Å². The molecule has 3 rings (SSSR count). The summed E-state index contributed by atoms with van der Waals surface area (Å²) >= 11 is 0. The van der Waals surface area contributed by atoms with Crippen molar-refractivity contribution in [3.63, 3.8) is 0 Å². The molecule has 1 atom stereocenters. The first-order valence-corrected chi connectivity index (χ1v) is 5.97. The lowest BCUT2D eigenvalue weighted by molar-refractivity contribution is 0.178. The maximum Gasteiger partial charge on any atom is 0.0944 e. The van der Waals surface area contributed by atoms with Crippen LogP contribution in [0.25, 0.3) is 11.0 Å². The molecule has 0 spiro atoms. The van der Waals surface area contributed by atoms with Crippen LogP contribution in [-0.4, -0.2) is 30.1 Å². The predicted octanol–water partition coefficient (Wildman–Crippen LogP) is 1.03. The fourth-order valence-corrected chi connectivity index (χ4v) is 2.08. The number of para-hydroxylation sites is 1. The zero-order valence-electron chi connectivity index (χ0n) is 10.4. The SMILES string of the molecule is Cn1cc(CC(O)c2cccc3nccnc23)nn1. The van der Waals surface area contributed by atoms with Crippen LogP contribution in [0, 0.1) is 0 Å². The van der Waals surface area contributed by atoms with Crippen LogP contribution in [0.2, 0.25) is 0 Å². The summed E-state index contributed by atoms with van der Waals surface area (Å²) in [5.74, 6) is 0. The highest BCUT2D eigenvalue weighted by Gasteiger charge is 2.14. The summed E-state index contributed by atoms with van der Waals surface area (Å²) < 4.78 is 1.62. The first-order valence-electron chi connectivity index (χ1n) is 5.97. The summed E-state index contributed by atoms with van der Waals surface area (Å²) in [5.41, 5.74) is 3.01. The largest absolute Gasteiger partial charge is 0.388 e. The zero-order chi connectivity index (χ0) is 13.2. The van der Waals surface area contributed by atoms with Gasteiger partial charge in [0, 0.05) is 37.6 Å². The Morgan fingerprint density at radius 2 is 2.11 bits per heavy atom. The molecule has 0 fully saturated rings. The second-order valence-corrected chi connectivity index (χ2v) is 4.37. The van der Waals surface area contributed by atoms with Crippen LogP contribution in [0.3, 0.4) is 0 Å². The number of aromatic nitrogens is 5. The molecule has 0 saturated carbocycles. The van der Waals surface area contributed by atoms with Gasteiger partial charge in [0.2, 0.25) is 0 Å². The summed E-state index contributed by atoms with van der Waals surface area (Å²) in [6.45, 7) is 0. The number of hydrogen-bond acceptors (Lipinski definition) is 5. The Kier molecular flexibility index (Phi) is 2.92. The van der Waals surface area contributed by atoms with E-state index in [9.17, 15) is 5.11 Å². The summed E-state index contributed by atoms with van der Waals surface area (Å²) in [4.78, 5) is 8.52. The van der Waals surface area contributed by atoms with Crippen LogP contribution >= 0.6 is 0 Å².